The molecule has 0 unspecified atom stereocenters. The minimum Gasteiger partial charge on any atom is -0.350 e. The SMILES string of the molecule is Cc1ccccc1CN(C(=O)CN1C(=O)c2cccc3cccc1c23)[C@H](C)C(=O)NC(C)(C)C. The van der Waals surface area contributed by atoms with Crippen molar-refractivity contribution in [2.75, 3.05) is 11.4 Å². The van der Waals surface area contributed by atoms with Crippen molar-refractivity contribution in [1.29, 1.82) is 0 Å². The third-order valence-corrected chi connectivity index (χ3v) is 6.21. The molecule has 0 radical (unpaired) electrons. The smallest absolute Gasteiger partial charge is 0.259 e. The van der Waals surface area contributed by atoms with E-state index in [4.69, 9.17) is 0 Å². The van der Waals surface area contributed by atoms with Crippen LogP contribution in [0.3, 0.4) is 0 Å². The van der Waals surface area contributed by atoms with Crippen LogP contribution in [-0.2, 0) is 16.1 Å². The molecule has 0 aliphatic carbocycles. The van der Waals surface area contributed by atoms with Crippen LogP contribution in [-0.4, -0.2) is 40.7 Å². The van der Waals surface area contributed by atoms with Crippen LogP contribution in [0.5, 0.6) is 0 Å². The van der Waals surface area contributed by atoms with E-state index in [2.05, 4.69) is 5.32 Å². The molecule has 0 spiro atoms. The van der Waals surface area contributed by atoms with Gasteiger partial charge in [-0.15, -0.1) is 0 Å². The average Bonchev–Trinajstić information content (AvgIpc) is 3.05. The summed E-state index contributed by atoms with van der Waals surface area (Å²) in [5.74, 6) is -0.701. The van der Waals surface area contributed by atoms with Crippen LogP contribution in [0.15, 0.2) is 60.7 Å². The molecule has 1 N–H and O–H groups in total. The molecule has 3 aromatic carbocycles. The van der Waals surface area contributed by atoms with Gasteiger partial charge >= 0.3 is 0 Å². The number of carbonyl (C=O) groups excluding carboxylic acids is 3. The van der Waals surface area contributed by atoms with Gasteiger partial charge in [0.2, 0.25) is 11.8 Å². The van der Waals surface area contributed by atoms with E-state index in [0.29, 0.717) is 5.56 Å². The third kappa shape index (κ3) is 4.53. The maximum Gasteiger partial charge on any atom is 0.259 e. The number of anilines is 1. The zero-order valence-corrected chi connectivity index (χ0v) is 20.4. The molecule has 1 heterocycles. The lowest BCUT2D eigenvalue weighted by atomic mass is 10.1. The van der Waals surface area contributed by atoms with Crippen LogP contribution in [0.25, 0.3) is 10.8 Å². The predicted octanol–water partition coefficient (Wildman–Crippen LogP) is 4.44. The number of aryl methyl sites for hydroxylation is 1. The van der Waals surface area contributed by atoms with Crippen molar-refractivity contribution in [2.45, 2.75) is 52.7 Å². The molecule has 4 rings (SSSR count). The van der Waals surface area contributed by atoms with Crippen LogP contribution in [0, 0.1) is 6.92 Å². The number of nitrogens with zero attached hydrogens (tertiary/aromatic N) is 2. The fourth-order valence-electron chi connectivity index (χ4n) is 4.39. The van der Waals surface area contributed by atoms with Gasteiger partial charge in [0.1, 0.15) is 12.6 Å². The van der Waals surface area contributed by atoms with Crippen molar-refractivity contribution in [1.82, 2.24) is 10.2 Å². The van der Waals surface area contributed by atoms with E-state index in [1.165, 1.54) is 4.90 Å². The summed E-state index contributed by atoms with van der Waals surface area (Å²) < 4.78 is 0. The molecule has 0 aromatic heterocycles. The molecule has 0 bridgehead atoms. The van der Waals surface area contributed by atoms with Gasteiger partial charge in [0.25, 0.3) is 5.91 Å². The van der Waals surface area contributed by atoms with E-state index >= 15 is 0 Å². The lowest BCUT2D eigenvalue weighted by molar-refractivity contribution is -0.140. The normalized spacial score (nSPS) is 13.8. The number of rotatable bonds is 6. The summed E-state index contributed by atoms with van der Waals surface area (Å²) in [7, 11) is 0. The Balaban J connectivity index is 1.64. The van der Waals surface area contributed by atoms with Crippen LogP contribution in [0.4, 0.5) is 5.69 Å². The maximum atomic E-state index is 13.7. The molecular weight excluding hydrogens is 426 g/mol. The van der Waals surface area contributed by atoms with E-state index in [0.717, 1.165) is 27.6 Å². The number of amides is 3. The number of hydrogen-bond acceptors (Lipinski definition) is 3. The van der Waals surface area contributed by atoms with Crippen LogP contribution < -0.4 is 10.2 Å². The van der Waals surface area contributed by atoms with Crippen LogP contribution in [0.1, 0.15) is 49.2 Å². The van der Waals surface area contributed by atoms with Gasteiger partial charge in [-0.05, 0) is 63.3 Å². The molecule has 1 aliphatic heterocycles. The van der Waals surface area contributed by atoms with Crippen molar-refractivity contribution >= 4 is 34.2 Å². The molecule has 0 saturated carbocycles. The van der Waals surface area contributed by atoms with Gasteiger partial charge in [0, 0.05) is 23.0 Å². The monoisotopic (exact) mass is 457 g/mol. The Morgan fingerprint density at radius 2 is 1.68 bits per heavy atom. The first-order valence-corrected chi connectivity index (χ1v) is 11.6. The Bertz CT molecular complexity index is 1270. The van der Waals surface area contributed by atoms with Crippen molar-refractivity contribution < 1.29 is 14.4 Å². The maximum absolute atomic E-state index is 13.7. The molecule has 176 valence electrons. The Hall–Kier alpha value is -3.67. The van der Waals surface area contributed by atoms with Gasteiger partial charge in [0.15, 0.2) is 0 Å². The molecule has 3 aromatic rings. The van der Waals surface area contributed by atoms with Crippen molar-refractivity contribution in [3.05, 3.63) is 77.4 Å². The highest BCUT2D eigenvalue weighted by Gasteiger charge is 2.34. The molecule has 6 nitrogen and oxygen atoms in total. The first-order chi connectivity index (χ1) is 16.1. The first kappa shape index (κ1) is 23.5. The lowest BCUT2D eigenvalue weighted by Gasteiger charge is -2.33. The van der Waals surface area contributed by atoms with Crippen molar-refractivity contribution in [3.63, 3.8) is 0 Å². The van der Waals surface area contributed by atoms with Crippen molar-refractivity contribution in [2.24, 2.45) is 0 Å². The van der Waals surface area contributed by atoms with E-state index in [9.17, 15) is 14.4 Å². The standard InChI is InChI=1S/C28H31N3O3/c1-18-10-6-7-11-21(18)16-30(19(2)26(33)29-28(3,4)5)24(32)17-31-23-15-9-13-20-12-8-14-22(25(20)23)27(31)34/h6-15,19H,16-17H2,1-5H3,(H,29,33)/t19-/m1/s1. The number of hydrogen-bond donors (Lipinski definition) is 1. The second-order valence-corrected chi connectivity index (χ2v) is 9.94. The Morgan fingerprint density at radius 1 is 1.00 bits per heavy atom. The van der Waals surface area contributed by atoms with Gasteiger partial charge in [-0.2, -0.15) is 0 Å². The number of carbonyl (C=O) groups is 3. The lowest BCUT2D eigenvalue weighted by Crippen LogP contribution is -2.54. The third-order valence-electron chi connectivity index (χ3n) is 6.21. The van der Waals surface area contributed by atoms with Gasteiger partial charge in [-0.3, -0.25) is 19.3 Å². The highest BCUT2D eigenvalue weighted by molar-refractivity contribution is 6.26. The molecule has 1 atom stereocenters. The first-order valence-electron chi connectivity index (χ1n) is 11.6. The number of benzene rings is 3. The average molecular weight is 458 g/mol. The topological polar surface area (TPSA) is 69.7 Å². The highest BCUT2D eigenvalue weighted by atomic mass is 16.2. The Morgan fingerprint density at radius 3 is 2.35 bits per heavy atom. The van der Waals surface area contributed by atoms with Gasteiger partial charge in [-0.25, -0.2) is 0 Å². The molecule has 3 amide bonds. The minimum absolute atomic E-state index is 0.133. The van der Waals surface area contributed by atoms with Gasteiger partial charge in [0.05, 0.1) is 5.69 Å². The molecule has 34 heavy (non-hydrogen) atoms. The zero-order chi connectivity index (χ0) is 24.6. The molecule has 0 fully saturated rings. The van der Waals surface area contributed by atoms with E-state index < -0.39 is 11.6 Å². The second-order valence-electron chi connectivity index (χ2n) is 9.94. The molecule has 1 aliphatic rings. The summed E-state index contributed by atoms with van der Waals surface area (Å²) in [5, 5.41) is 4.81. The molecule has 0 saturated heterocycles. The second kappa shape index (κ2) is 8.93. The highest BCUT2D eigenvalue weighted by Crippen LogP contribution is 2.37. The zero-order valence-electron chi connectivity index (χ0n) is 20.4. The fraction of sp³-hybridized carbons (Fsp3) is 0.321. The number of nitrogens with one attached hydrogen (secondary N) is 1. The Labute approximate surface area is 200 Å². The minimum atomic E-state index is -0.706. The fourth-order valence-corrected chi connectivity index (χ4v) is 4.39. The van der Waals surface area contributed by atoms with Gasteiger partial charge < -0.3 is 10.2 Å². The van der Waals surface area contributed by atoms with E-state index in [1.807, 2.05) is 82.3 Å². The van der Waals surface area contributed by atoms with E-state index in [-0.39, 0.29) is 30.8 Å². The summed E-state index contributed by atoms with van der Waals surface area (Å²) in [6.07, 6.45) is 0. The van der Waals surface area contributed by atoms with Crippen LogP contribution in [0.2, 0.25) is 0 Å². The summed E-state index contributed by atoms with van der Waals surface area (Å²) in [6, 6.07) is 18.4. The molecule has 6 heteroatoms. The summed E-state index contributed by atoms with van der Waals surface area (Å²) in [5.41, 5.74) is 2.91. The van der Waals surface area contributed by atoms with Gasteiger partial charge in [-0.1, -0.05) is 48.5 Å². The Kier molecular flexibility index (Phi) is 6.17. The predicted molar refractivity (Wildman–Crippen MR) is 135 cm³/mol. The summed E-state index contributed by atoms with van der Waals surface area (Å²) >= 11 is 0. The largest absolute Gasteiger partial charge is 0.350 e. The van der Waals surface area contributed by atoms with Crippen molar-refractivity contribution in [3.8, 4) is 0 Å². The summed E-state index contributed by atoms with van der Waals surface area (Å²) in [6.45, 7) is 9.59. The van der Waals surface area contributed by atoms with Crippen LogP contribution >= 0.6 is 0 Å². The van der Waals surface area contributed by atoms with E-state index in [1.54, 1.807) is 17.9 Å². The quantitative estimate of drug-likeness (QED) is 0.595. The molecular formula is C28H31N3O3. The summed E-state index contributed by atoms with van der Waals surface area (Å²) in [4.78, 5) is 43.0.